The van der Waals surface area contributed by atoms with Gasteiger partial charge in [-0.2, -0.15) is 18.4 Å². The summed E-state index contributed by atoms with van der Waals surface area (Å²) in [5.41, 5.74) is -0.123. The highest BCUT2D eigenvalue weighted by molar-refractivity contribution is 5.42. The Bertz CT molecular complexity index is 408. The van der Waals surface area contributed by atoms with Crippen molar-refractivity contribution < 1.29 is 22.3 Å². The number of hydrogen-bond donors (Lipinski definition) is 0. The SMILES string of the molecule is N#Cc1cc(F)ccc1OCCC(F)(F)F. The van der Waals surface area contributed by atoms with Crippen molar-refractivity contribution in [3.05, 3.63) is 29.6 Å². The third kappa shape index (κ3) is 3.77. The van der Waals surface area contributed by atoms with Crippen LogP contribution in [0, 0.1) is 17.1 Å². The first-order chi connectivity index (χ1) is 7.42. The molecule has 0 amide bonds. The molecule has 0 bridgehead atoms. The molecule has 0 aliphatic rings. The van der Waals surface area contributed by atoms with Gasteiger partial charge in [-0.05, 0) is 18.2 Å². The number of rotatable bonds is 3. The summed E-state index contributed by atoms with van der Waals surface area (Å²) >= 11 is 0. The van der Waals surface area contributed by atoms with Gasteiger partial charge in [-0.1, -0.05) is 0 Å². The van der Waals surface area contributed by atoms with Crippen molar-refractivity contribution in [1.82, 2.24) is 0 Å². The first kappa shape index (κ1) is 12.3. The molecule has 0 aliphatic carbocycles. The van der Waals surface area contributed by atoms with E-state index in [0.29, 0.717) is 0 Å². The Morgan fingerprint density at radius 2 is 2.00 bits per heavy atom. The maximum Gasteiger partial charge on any atom is 0.392 e. The summed E-state index contributed by atoms with van der Waals surface area (Å²) in [6.45, 7) is -0.593. The molecule has 1 aromatic carbocycles. The predicted octanol–water partition coefficient (Wildman–Crippen LogP) is 3.03. The molecule has 1 aromatic rings. The van der Waals surface area contributed by atoms with E-state index < -0.39 is 25.0 Å². The third-order valence-corrected chi connectivity index (χ3v) is 1.71. The van der Waals surface area contributed by atoms with E-state index in [0.717, 1.165) is 18.2 Å². The van der Waals surface area contributed by atoms with Crippen molar-refractivity contribution in [1.29, 1.82) is 5.26 Å². The highest BCUT2D eigenvalue weighted by Gasteiger charge is 2.27. The van der Waals surface area contributed by atoms with Crippen LogP contribution in [-0.4, -0.2) is 12.8 Å². The zero-order valence-electron chi connectivity index (χ0n) is 8.01. The van der Waals surface area contributed by atoms with Gasteiger partial charge >= 0.3 is 6.18 Å². The molecule has 0 unspecified atom stereocenters. The van der Waals surface area contributed by atoms with Gasteiger partial charge in [0.25, 0.3) is 0 Å². The number of benzene rings is 1. The number of hydrogen-bond acceptors (Lipinski definition) is 2. The molecule has 0 saturated carbocycles. The van der Waals surface area contributed by atoms with Crippen molar-refractivity contribution in [3.63, 3.8) is 0 Å². The fourth-order valence-electron chi connectivity index (χ4n) is 0.992. The van der Waals surface area contributed by atoms with Crippen LogP contribution in [0.25, 0.3) is 0 Å². The number of alkyl halides is 3. The summed E-state index contributed by atoms with van der Waals surface area (Å²) in [5.74, 6) is -0.687. The Morgan fingerprint density at radius 3 is 2.56 bits per heavy atom. The van der Waals surface area contributed by atoms with Gasteiger partial charge in [-0.25, -0.2) is 4.39 Å². The van der Waals surface area contributed by atoms with Gasteiger partial charge in [0.05, 0.1) is 18.6 Å². The summed E-state index contributed by atoms with van der Waals surface area (Å²) in [7, 11) is 0. The number of nitriles is 1. The lowest BCUT2D eigenvalue weighted by atomic mass is 10.2. The highest BCUT2D eigenvalue weighted by atomic mass is 19.4. The average molecular weight is 233 g/mol. The van der Waals surface area contributed by atoms with Crippen LogP contribution in [0.5, 0.6) is 5.75 Å². The van der Waals surface area contributed by atoms with E-state index in [-0.39, 0.29) is 11.3 Å². The first-order valence-electron chi connectivity index (χ1n) is 4.31. The number of nitrogens with zero attached hydrogens (tertiary/aromatic N) is 1. The molecule has 16 heavy (non-hydrogen) atoms. The van der Waals surface area contributed by atoms with Gasteiger partial charge in [0.1, 0.15) is 17.6 Å². The predicted molar refractivity (Wildman–Crippen MR) is 47.3 cm³/mol. The van der Waals surface area contributed by atoms with E-state index in [9.17, 15) is 17.6 Å². The van der Waals surface area contributed by atoms with E-state index in [1.165, 1.54) is 0 Å². The second-order valence-electron chi connectivity index (χ2n) is 2.97. The highest BCUT2D eigenvalue weighted by Crippen LogP contribution is 2.22. The largest absolute Gasteiger partial charge is 0.492 e. The van der Waals surface area contributed by atoms with Crippen LogP contribution in [-0.2, 0) is 0 Å². The molecule has 0 heterocycles. The second-order valence-corrected chi connectivity index (χ2v) is 2.97. The van der Waals surface area contributed by atoms with Crippen LogP contribution in [0.1, 0.15) is 12.0 Å². The first-order valence-corrected chi connectivity index (χ1v) is 4.31. The maximum atomic E-state index is 12.7. The fraction of sp³-hybridized carbons (Fsp3) is 0.300. The summed E-state index contributed by atoms with van der Waals surface area (Å²) in [6.07, 6.45) is -5.43. The van der Waals surface area contributed by atoms with Crippen molar-refractivity contribution in [2.45, 2.75) is 12.6 Å². The van der Waals surface area contributed by atoms with Gasteiger partial charge in [0.2, 0.25) is 0 Å². The monoisotopic (exact) mass is 233 g/mol. The van der Waals surface area contributed by atoms with E-state index in [4.69, 9.17) is 10.00 Å². The van der Waals surface area contributed by atoms with Gasteiger partial charge in [-0.15, -0.1) is 0 Å². The molecule has 2 nitrogen and oxygen atoms in total. The van der Waals surface area contributed by atoms with Crippen molar-refractivity contribution in [3.8, 4) is 11.8 Å². The average Bonchev–Trinajstić information content (AvgIpc) is 2.18. The molecule has 0 spiro atoms. The smallest absolute Gasteiger partial charge is 0.392 e. The molecule has 86 valence electrons. The second kappa shape index (κ2) is 4.84. The molecule has 0 aromatic heterocycles. The third-order valence-electron chi connectivity index (χ3n) is 1.71. The Morgan fingerprint density at radius 1 is 1.31 bits per heavy atom. The Hall–Kier alpha value is -1.77. The van der Waals surface area contributed by atoms with Crippen molar-refractivity contribution >= 4 is 0 Å². The quantitative estimate of drug-likeness (QED) is 0.752. The molecule has 0 atom stereocenters. The van der Waals surface area contributed by atoms with Crippen molar-refractivity contribution in [2.24, 2.45) is 0 Å². The fourth-order valence-corrected chi connectivity index (χ4v) is 0.992. The van der Waals surface area contributed by atoms with Crippen LogP contribution in [0.2, 0.25) is 0 Å². The molecule has 0 fully saturated rings. The standard InChI is InChI=1S/C10H7F4NO/c11-8-1-2-9(7(5-8)6-15)16-4-3-10(12,13)14/h1-2,5H,3-4H2. The van der Waals surface area contributed by atoms with E-state index in [1.54, 1.807) is 6.07 Å². The molecule has 0 saturated heterocycles. The number of halogens is 4. The van der Waals surface area contributed by atoms with Crippen LogP contribution >= 0.6 is 0 Å². The van der Waals surface area contributed by atoms with Gasteiger partial charge in [0, 0.05) is 0 Å². The maximum absolute atomic E-state index is 12.7. The Balaban J connectivity index is 2.65. The van der Waals surface area contributed by atoms with Crippen molar-refractivity contribution in [2.75, 3.05) is 6.61 Å². The molecule has 1 rings (SSSR count). The van der Waals surface area contributed by atoms with Crippen LogP contribution in [0.15, 0.2) is 18.2 Å². The summed E-state index contributed by atoms with van der Waals surface area (Å²) < 4.78 is 52.8. The molecule has 0 N–H and O–H groups in total. The Labute approximate surface area is 89.1 Å². The Kier molecular flexibility index (Phi) is 3.72. The number of ether oxygens (including phenoxy) is 1. The molecule has 0 aliphatic heterocycles. The lowest BCUT2D eigenvalue weighted by Crippen LogP contribution is -2.13. The summed E-state index contributed by atoms with van der Waals surface area (Å²) in [6, 6.07) is 4.69. The minimum Gasteiger partial charge on any atom is -0.492 e. The molecule has 0 radical (unpaired) electrons. The topological polar surface area (TPSA) is 33.0 Å². The zero-order valence-corrected chi connectivity index (χ0v) is 8.01. The van der Waals surface area contributed by atoms with Gasteiger partial charge < -0.3 is 4.74 Å². The normalized spacial score (nSPS) is 10.9. The lowest BCUT2D eigenvalue weighted by Gasteiger charge is -2.09. The van der Waals surface area contributed by atoms with Crippen LogP contribution in [0.4, 0.5) is 17.6 Å². The van der Waals surface area contributed by atoms with E-state index >= 15 is 0 Å². The summed E-state index contributed by atoms with van der Waals surface area (Å²) in [4.78, 5) is 0. The summed E-state index contributed by atoms with van der Waals surface area (Å²) in [5, 5.41) is 8.58. The molecule has 6 heteroatoms. The van der Waals surface area contributed by atoms with Crippen LogP contribution < -0.4 is 4.74 Å². The molecular weight excluding hydrogens is 226 g/mol. The van der Waals surface area contributed by atoms with Gasteiger partial charge in [0.15, 0.2) is 0 Å². The van der Waals surface area contributed by atoms with Gasteiger partial charge in [-0.3, -0.25) is 0 Å². The molecular formula is C10H7F4NO. The zero-order chi connectivity index (χ0) is 12.2. The minimum atomic E-state index is -4.31. The van der Waals surface area contributed by atoms with Crippen LogP contribution in [0.3, 0.4) is 0 Å². The van der Waals surface area contributed by atoms with E-state index in [2.05, 4.69) is 0 Å². The minimum absolute atomic E-state index is 0.0480. The van der Waals surface area contributed by atoms with E-state index in [1.807, 2.05) is 0 Å². The lowest BCUT2D eigenvalue weighted by molar-refractivity contribution is -0.139.